The number of nitrogens with zero attached hydrogens (tertiary/aromatic N) is 3. The van der Waals surface area contributed by atoms with E-state index in [0.717, 1.165) is 18.5 Å². The fourth-order valence-electron chi connectivity index (χ4n) is 3.50. The first kappa shape index (κ1) is 12.7. The number of hydrogen-bond donors (Lipinski definition) is 1. The van der Waals surface area contributed by atoms with Crippen molar-refractivity contribution >= 4 is 5.91 Å². The molecule has 2 fully saturated rings. The van der Waals surface area contributed by atoms with Gasteiger partial charge in [0.2, 0.25) is 5.91 Å². The largest absolute Gasteiger partial charge is 0.352 e. The van der Waals surface area contributed by atoms with Crippen LogP contribution in [-0.4, -0.2) is 45.8 Å². The lowest BCUT2D eigenvalue weighted by Crippen LogP contribution is -2.49. The zero-order valence-electron chi connectivity index (χ0n) is 11.7. The van der Waals surface area contributed by atoms with Crippen molar-refractivity contribution in [1.29, 1.82) is 0 Å². The number of aromatic nitrogens is 2. The number of piperidine rings is 1. The summed E-state index contributed by atoms with van der Waals surface area (Å²) in [4.78, 5) is 14.5. The molecule has 1 amide bonds. The van der Waals surface area contributed by atoms with Crippen LogP contribution in [0.1, 0.15) is 31.4 Å². The van der Waals surface area contributed by atoms with E-state index in [1.54, 1.807) is 4.68 Å². The van der Waals surface area contributed by atoms with Crippen LogP contribution >= 0.6 is 0 Å². The van der Waals surface area contributed by atoms with Crippen molar-refractivity contribution in [2.75, 3.05) is 7.05 Å². The topological polar surface area (TPSA) is 50.2 Å². The highest BCUT2D eigenvalue weighted by Gasteiger charge is 2.38. The van der Waals surface area contributed by atoms with Crippen LogP contribution in [0.2, 0.25) is 0 Å². The summed E-state index contributed by atoms with van der Waals surface area (Å²) >= 11 is 0. The van der Waals surface area contributed by atoms with Gasteiger partial charge in [0.25, 0.3) is 0 Å². The van der Waals surface area contributed by atoms with Crippen LogP contribution in [0, 0.1) is 6.92 Å². The molecule has 3 rings (SSSR count). The molecule has 2 saturated heterocycles. The van der Waals surface area contributed by atoms with Gasteiger partial charge in [-0.1, -0.05) is 0 Å². The normalized spacial score (nSPS) is 30.5. The standard InChI is InChI=1S/C14H22N4O/c1-10-5-6-18(16-10)9-14(19)15-11-7-12-3-4-13(8-11)17(12)2/h5-6,11-13H,3-4,7-9H2,1-2H3,(H,15,19). The van der Waals surface area contributed by atoms with Crippen LogP contribution in [0.25, 0.3) is 0 Å². The molecule has 0 aliphatic carbocycles. The van der Waals surface area contributed by atoms with Gasteiger partial charge < -0.3 is 10.2 Å². The van der Waals surface area contributed by atoms with Gasteiger partial charge in [0.15, 0.2) is 0 Å². The van der Waals surface area contributed by atoms with Crippen molar-refractivity contribution in [3.05, 3.63) is 18.0 Å². The number of carbonyl (C=O) groups excluding carboxylic acids is 1. The maximum Gasteiger partial charge on any atom is 0.241 e. The van der Waals surface area contributed by atoms with Crippen molar-refractivity contribution in [3.63, 3.8) is 0 Å². The first-order chi connectivity index (χ1) is 9.11. The lowest BCUT2D eigenvalue weighted by atomic mass is 9.98. The minimum atomic E-state index is 0.0806. The average molecular weight is 262 g/mol. The minimum absolute atomic E-state index is 0.0806. The van der Waals surface area contributed by atoms with Gasteiger partial charge in [0, 0.05) is 24.3 Å². The third kappa shape index (κ3) is 2.66. The molecule has 0 saturated carbocycles. The summed E-state index contributed by atoms with van der Waals surface area (Å²) in [6.07, 6.45) is 6.61. The van der Waals surface area contributed by atoms with Crippen LogP contribution in [-0.2, 0) is 11.3 Å². The minimum Gasteiger partial charge on any atom is -0.352 e. The van der Waals surface area contributed by atoms with E-state index in [0.29, 0.717) is 24.7 Å². The smallest absolute Gasteiger partial charge is 0.241 e. The third-order valence-corrected chi connectivity index (χ3v) is 4.54. The Morgan fingerprint density at radius 3 is 2.68 bits per heavy atom. The molecule has 0 aromatic carbocycles. The summed E-state index contributed by atoms with van der Waals surface area (Å²) in [6, 6.07) is 3.59. The summed E-state index contributed by atoms with van der Waals surface area (Å²) in [5.41, 5.74) is 0.949. The van der Waals surface area contributed by atoms with E-state index < -0.39 is 0 Å². The fraction of sp³-hybridized carbons (Fsp3) is 0.714. The van der Waals surface area contributed by atoms with Crippen LogP contribution in [0.5, 0.6) is 0 Å². The summed E-state index contributed by atoms with van der Waals surface area (Å²) in [5.74, 6) is 0.0806. The van der Waals surface area contributed by atoms with E-state index in [4.69, 9.17) is 0 Å². The molecular weight excluding hydrogens is 240 g/mol. The number of amides is 1. The fourth-order valence-corrected chi connectivity index (χ4v) is 3.50. The van der Waals surface area contributed by atoms with Gasteiger partial charge in [-0.3, -0.25) is 9.48 Å². The first-order valence-corrected chi connectivity index (χ1v) is 7.13. The number of fused-ring (bicyclic) bond motifs is 2. The Hall–Kier alpha value is -1.36. The third-order valence-electron chi connectivity index (χ3n) is 4.54. The highest BCUT2D eigenvalue weighted by molar-refractivity contribution is 5.76. The van der Waals surface area contributed by atoms with Crippen molar-refractivity contribution < 1.29 is 4.79 Å². The molecule has 0 spiro atoms. The van der Waals surface area contributed by atoms with Crippen molar-refractivity contribution in [2.45, 2.75) is 57.3 Å². The van der Waals surface area contributed by atoms with E-state index in [2.05, 4.69) is 22.4 Å². The molecule has 5 heteroatoms. The van der Waals surface area contributed by atoms with E-state index in [-0.39, 0.29) is 5.91 Å². The number of hydrogen-bond acceptors (Lipinski definition) is 3. The van der Waals surface area contributed by atoms with Gasteiger partial charge in [0.1, 0.15) is 6.54 Å². The molecule has 2 unspecified atom stereocenters. The zero-order valence-corrected chi connectivity index (χ0v) is 11.7. The Labute approximate surface area is 114 Å². The number of rotatable bonds is 3. The molecule has 1 aromatic rings. The Morgan fingerprint density at radius 2 is 2.11 bits per heavy atom. The van der Waals surface area contributed by atoms with Crippen LogP contribution < -0.4 is 5.32 Å². The van der Waals surface area contributed by atoms with Gasteiger partial charge in [-0.25, -0.2) is 0 Å². The molecule has 1 N–H and O–H groups in total. The molecule has 1 aromatic heterocycles. The highest BCUT2D eigenvalue weighted by Crippen LogP contribution is 2.34. The SMILES string of the molecule is Cc1ccn(CC(=O)NC2CC3CCC(C2)N3C)n1. The summed E-state index contributed by atoms with van der Waals surface area (Å²) in [5, 5.41) is 7.42. The van der Waals surface area contributed by atoms with Crippen LogP contribution in [0.15, 0.2) is 12.3 Å². The zero-order chi connectivity index (χ0) is 13.4. The monoisotopic (exact) mass is 262 g/mol. The van der Waals surface area contributed by atoms with Crippen LogP contribution in [0.3, 0.4) is 0 Å². The second-order valence-corrected chi connectivity index (χ2v) is 5.94. The molecular formula is C14H22N4O. The van der Waals surface area contributed by atoms with Gasteiger partial charge in [-0.2, -0.15) is 5.10 Å². The second-order valence-electron chi connectivity index (χ2n) is 5.94. The van der Waals surface area contributed by atoms with Crippen molar-refractivity contribution in [2.24, 2.45) is 0 Å². The van der Waals surface area contributed by atoms with E-state index >= 15 is 0 Å². The number of aryl methyl sites for hydroxylation is 1. The molecule has 2 atom stereocenters. The van der Waals surface area contributed by atoms with Gasteiger partial charge in [-0.15, -0.1) is 0 Å². The maximum atomic E-state index is 12.0. The van der Waals surface area contributed by atoms with Crippen molar-refractivity contribution in [3.8, 4) is 0 Å². The van der Waals surface area contributed by atoms with E-state index in [1.807, 2.05) is 19.2 Å². The lowest BCUT2D eigenvalue weighted by molar-refractivity contribution is -0.123. The van der Waals surface area contributed by atoms with Crippen molar-refractivity contribution in [1.82, 2.24) is 20.0 Å². The molecule has 2 bridgehead atoms. The van der Waals surface area contributed by atoms with E-state index in [9.17, 15) is 4.79 Å². The van der Waals surface area contributed by atoms with Gasteiger partial charge in [0.05, 0.1) is 5.69 Å². The van der Waals surface area contributed by atoms with Crippen LogP contribution in [0.4, 0.5) is 0 Å². The quantitative estimate of drug-likeness (QED) is 0.882. The molecule has 19 heavy (non-hydrogen) atoms. The summed E-state index contributed by atoms with van der Waals surface area (Å²) in [6.45, 7) is 2.26. The summed E-state index contributed by atoms with van der Waals surface area (Å²) < 4.78 is 1.70. The molecule has 2 aliphatic heterocycles. The molecule has 0 radical (unpaired) electrons. The average Bonchev–Trinajstić information content (AvgIpc) is 2.82. The Kier molecular flexibility index (Phi) is 3.31. The Bertz CT molecular complexity index is 456. The first-order valence-electron chi connectivity index (χ1n) is 7.13. The van der Waals surface area contributed by atoms with Gasteiger partial charge >= 0.3 is 0 Å². The maximum absolute atomic E-state index is 12.0. The number of nitrogens with one attached hydrogen (secondary N) is 1. The Morgan fingerprint density at radius 1 is 1.42 bits per heavy atom. The Balaban J connectivity index is 1.53. The summed E-state index contributed by atoms with van der Waals surface area (Å²) in [7, 11) is 2.22. The predicted octanol–water partition coefficient (Wildman–Crippen LogP) is 0.933. The molecule has 104 valence electrons. The molecule has 3 heterocycles. The molecule has 5 nitrogen and oxygen atoms in total. The predicted molar refractivity (Wildman–Crippen MR) is 72.7 cm³/mol. The van der Waals surface area contributed by atoms with E-state index in [1.165, 1.54) is 12.8 Å². The lowest BCUT2D eigenvalue weighted by Gasteiger charge is -2.36. The van der Waals surface area contributed by atoms with Gasteiger partial charge in [-0.05, 0) is 45.7 Å². The number of carbonyl (C=O) groups is 1. The highest BCUT2D eigenvalue weighted by atomic mass is 16.2. The second kappa shape index (κ2) is 4.96. The molecule has 2 aliphatic rings.